The molecule has 0 bridgehead atoms. The first-order chi connectivity index (χ1) is 11.4. The van der Waals surface area contributed by atoms with E-state index in [1.54, 1.807) is 0 Å². The predicted octanol–water partition coefficient (Wildman–Crippen LogP) is 3.51. The molecule has 124 valence electrons. The molecular weight excluding hydrogens is 353 g/mol. The summed E-state index contributed by atoms with van der Waals surface area (Å²) in [5.41, 5.74) is 0.545. The first kappa shape index (κ1) is 16.6. The molecule has 1 N–H and O–H groups in total. The molecule has 8 heteroatoms. The zero-order valence-electron chi connectivity index (χ0n) is 12.9. The number of nitrogens with one attached hydrogen (secondary N) is 1. The van der Waals surface area contributed by atoms with Gasteiger partial charge in [0.25, 0.3) is 5.56 Å². The number of hydrogen-bond acceptors (Lipinski definition) is 4. The van der Waals surface area contributed by atoms with Gasteiger partial charge in [0.2, 0.25) is 5.91 Å². The van der Waals surface area contributed by atoms with Crippen LogP contribution in [0, 0.1) is 19.7 Å². The second-order valence-electron chi connectivity index (χ2n) is 5.31. The summed E-state index contributed by atoms with van der Waals surface area (Å²) < 4.78 is 14.9. The van der Waals surface area contributed by atoms with Crippen LogP contribution < -0.4 is 10.9 Å². The van der Waals surface area contributed by atoms with Crippen LogP contribution >= 0.6 is 22.9 Å². The SMILES string of the molecule is Cc1sc2ncn(CC(=O)Nc3cc(Cl)ccc3F)c(=O)c2c1C. The average Bonchev–Trinajstić information content (AvgIpc) is 2.81. The summed E-state index contributed by atoms with van der Waals surface area (Å²) in [4.78, 5) is 30.5. The lowest BCUT2D eigenvalue weighted by Gasteiger charge is -2.08. The monoisotopic (exact) mass is 365 g/mol. The summed E-state index contributed by atoms with van der Waals surface area (Å²) >= 11 is 7.23. The fraction of sp³-hybridized carbons (Fsp3) is 0.188. The van der Waals surface area contributed by atoms with Crippen LogP contribution in [0.1, 0.15) is 10.4 Å². The van der Waals surface area contributed by atoms with Crippen molar-refractivity contribution in [3.05, 3.63) is 56.2 Å². The number of halogens is 2. The number of benzene rings is 1. The van der Waals surface area contributed by atoms with E-state index in [1.165, 1.54) is 34.4 Å². The molecule has 0 aliphatic rings. The highest BCUT2D eigenvalue weighted by molar-refractivity contribution is 7.18. The van der Waals surface area contributed by atoms with Gasteiger partial charge in [-0.05, 0) is 37.6 Å². The van der Waals surface area contributed by atoms with E-state index < -0.39 is 11.7 Å². The molecule has 3 aromatic rings. The molecule has 0 saturated carbocycles. The Morgan fingerprint density at radius 1 is 1.42 bits per heavy atom. The van der Waals surface area contributed by atoms with E-state index in [0.29, 0.717) is 15.2 Å². The second-order valence-corrected chi connectivity index (χ2v) is 6.95. The maximum absolute atomic E-state index is 13.7. The minimum atomic E-state index is -0.599. The minimum Gasteiger partial charge on any atom is -0.322 e. The molecular formula is C16H13ClFN3O2S. The quantitative estimate of drug-likeness (QED) is 0.772. The molecule has 2 heterocycles. The van der Waals surface area contributed by atoms with Gasteiger partial charge < -0.3 is 5.32 Å². The summed E-state index contributed by atoms with van der Waals surface area (Å²) in [6.45, 7) is 3.51. The van der Waals surface area contributed by atoms with E-state index in [1.807, 2.05) is 13.8 Å². The molecule has 2 aromatic heterocycles. The third-order valence-corrected chi connectivity index (χ3v) is 5.02. The van der Waals surface area contributed by atoms with E-state index >= 15 is 0 Å². The number of nitrogens with zero attached hydrogens (tertiary/aromatic N) is 2. The number of anilines is 1. The molecule has 0 spiro atoms. The van der Waals surface area contributed by atoms with Gasteiger partial charge in [-0.2, -0.15) is 0 Å². The number of thiophene rings is 1. The molecule has 0 aliphatic carbocycles. The van der Waals surface area contributed by atoms with Gasteiger partial charge in [-0.3, -0.25) is 14.2 Å². The molecule has 1 amide bonds. The Hall–Kier alpha value is -2.25. The molecule has 3 rings (SSSR count). The standard InChI is InChI=1S/C16H13ClFN3O2S/c1-8-9(2)24-15-14(8)16(23)21(7-19-15)6-13(22)20-12-5-10(17)3-4-11(12)18/h3-5,7H,6H2,1-2H3,(H,20,22). The average molecular weight is 366 g/mol. The van der Waals surface area contributed by atoms with Gasteiger partial charge in [-0.1, -0.05) is 11.6 Å². The number of carbonyl (C=O) groups is 1. The van der Waals surface area contributed by atoms with E-state index in [4.69, 9.17) is 11.6 Å². The Kier molecular flexibility index (Phi) is 4.38. The third kappa shape index (κ3) is 3.05. The first-order valence-electron chi connectivity index (χ1n) is 7.07. The fourth-order valence-electron chi connectivity index (χ4n) is 2.32. The molecule has 0 fully saturated rings. The molecule has 5 nitrogen and oxygen atoms in total. The topological polar surface area (TPSA) is 64.0 Å². The maximum atomic E-state index is 13.7. The number of aromatic nitrogens is 2. The Labute approximate surface area is 145 Å². The Morgan fingerprint density at radius 2 is 2.17 bits per heavy atom. The van der Waals surface area contributed by atoms with Crippen molar-refractivity contribution in [2.45, 2.75) is 20.4 Å². The molecule has 24 heavy (non-hydrogen) atoms. The summed E-state index contributed by atoms with van der Waals surface area (Å²) in [7, 11) is 0. The van der Waals surface area contributed by atoms with Crippen molar-refractivity contribution in [2.24, 2.45) is 0 Å². The van der Waals surface area contributed by atoms with Gasteiger partial charge in [0.05, 0.1) is 17.4 Å². The highest BCUT2D eigenvalue weighted by Gasteiger charge is 2.14. The maximum Gasteiger partial charge on any atom is 0.262 e. The minimum absolute atomic E-state index is 0.0304. The van der Waals surface area contributed by atoms with E-state index in [9.17, 15) is 14.0 Å². The fourth-order valence-corrected chi connectivity index (χ4v) is 3.48. The van der Waals surface area contributed by atoms with Crippen molar-refractivity contribution < 1.29 is 9.18 Å². The van der Waals surface area contributed by atoms with Crippen LogP contribution in [0.25, 0.3) is 10.2 Å². The summed E-state index contributed by atoms with van der Waals surface area (Å²) in [6.07, 6.45) is 1.33. The number of carbonyl (C=O) groups excluding carboxylic acids is 1. The smallest absolute Gasteiger partial charge is 0.262 e. The second kappa shape index (κ2) is 6.33. The van der Waals surface area contributed by atoms with Crippen LogP contribution in [0.4, 0.5) is 10.1 Å². The summed E-state index contributed by atoms with van der Waals surface area (Å²) in [5, 5.41) is 3.23. The summed E-state index contributed by atoms with van der Waals surface area (Å²) in [6, 6.07) is 3.86. The molecule has 0 atom stereocenters. The molecule has 1 aromatic carbocycles. The van der Waals surface area contributed by atoms with Gasteiger partial charge in [0.15, 0.2) is 0 Å². The number of aryl methyl sites for hydroxylation is 2. The molecule has 0 unspecified atom stereocenters. The van der Waals surface area contributed by atoms with Gasteiger partial charge in [0.1, 0.15) is 17.2 Å². The van der Waals surface area contributed by atoms with E-state index in [0.717, 1.165) is 16.5 Å². The van der Waals surface area contributed by atoms with Crippen molar-refractivity contribution in [3.63, 3.8) is 0 Å². The Morgan fingerprint density at radius 3 is 2.92 bits per heavy atom. The van der Waals surface area contributed by atoms with Crippen LogP contribution in [0.2, 0.25) is 5.02 Å². The first-order valence-corrected chi connectivity index (χ1v) is 8.26. The van der Waals surface area contributed by atoms with Gasteiger partial charge in [-0.15, -0.1) is 11.3 Å². The Bertz CT molecular complexity index is 1010. The zero-order valence-corrected chi connectivity index (χ0v) is 14.5. The lowest BCUT2D eigenvalue weighted by Crippen LogP contribution is -2.28. The molecule has 0 radical (unpaired) electrons. The van der Waals surface area contributed by atoms with E-state index in [-0.39, 0.29) is 17.8 Å². The van der Waals surface area contributed by atoms with Crippen LogP contribution in [-0.4, -0.2) is 15.5 Å². The van der Waals surface area contributed by atoms with Gasteiger partial charge in [0, 0.05) is 9.90 Å². The van der Waals surface area contributed by atoms with Crippen LogP contribution in [0.15, 0.2) is 29.3 Å². The number of hydrogen-bond donors (Lipinski definition) is 1. The van der Waals surface area contributed by atoms with Gasteiger partial charge >= 0.3 is 0 Å². The van der Waals surface area contributed by atoms with E-state index in [2.05, 4.69) is 10.3 Å². The largest absolute Gasteiger partial charge is 0.322 e. The lowest BCUT2D eigenvalue weighted by atomic mass is 10.2. The zero-order chi connectivity index (χ0) is 17.4. The highest BCUT2D eigenvalue weighted by Crippen LogP contribution is 2.25. The number of amides is 1. The lowest BCUT2D eigenvalue weighted by molar-refractivity contribution is -0.116. The number of rotatable bonds is 3. The highest BCUT2D eigenvalue weighted by atomic mass is 35.5. The van der Waals surface area contributed by atoms with Gasteiger partial charge in [-0.25, -0.2) is 9.37 Å². The van der Waals surface area contributed by atoms with Crippen molar-refractivity contribution >= 4 is 44.7 Å². The molecule has 0 saturated heterocycles. The van der Waals surface area contributed by atoms with Crippen molar-refractivity contribution in [1.29, 1.82) is 0 Å². The van der Waals surface area contributed by atoms with Crippen molar-refractivity contribution in [2.75, 3.05) is 5.32 Å². The third-order valence-electron chi connectivity index (χ3n) is 3.67. The van der Waals surface area contributed by atoms with Crippen molar-refractivity contribution in [3.8, 4) is 0 Å². The normalized spacial score (nSPS) is 11.0. The Balaban J connectivity index is 1.88. The molecule has 0 aliphatic heterocycles. The number of fused-ring (bicyclic) bond motifs is 1. The van der Waals surface area contributed by atoms with Crippen LogP contribution in [-0.2, 0) is 11.3 Å². The predicted molar refractivity (Wildman–Crippen MR) is 93.4 cm³/mol. The van der Waals surface area contributed by atoms with Crippen molar-refractivity contribution in [1.82, 2.24) is 9.55 Å². The van der Waals surface area contributed by atoms with Crippen LogP contribution in [0.3, 0.4) is 0 Å². The summed E-state index contributed by atoms with van der Waals surface area (Å²) in [5.74, 6) is -1.14. The van der Waals surface area contributed by atoms with Crippen LogP contribution in [0.5, 0.6) is 0 Å².